The zero-order valence-electron chi connectivity index (χ0n) is 11.0. The van der Waals surface area contributed by atoms with Crippen molar-refractivity contribution < 1.29 is 33.0 Å². The average Bonchev–Trinajstić information content (AvgIpc) is 2.13. The minimum Gasteiger partial charge on any atom is -0.428 e. The topological polar surface area (TPSA) is 88.1 Å². The molecule has 0 aliphatic rings. The Hall–Kier alpha value is -1.41. The maximum absolute atomic E-state index is 11.0. The van der Waals surface area contributed by atoms with E-state index in [0.717, 1.165) is 20.8 Å². The van der Waals surface area contributed by atoms with E-state index in [1.165, 1.54) is 0 Å². The summed E-state index contributed by atoms with van der Waals surface area (Å²) in [7, 11) is 0.561. The van der Waals surface area contributed by atoms with E-state index in [1.54, 1.807) is 0 Å². The summed E-state index contributed by atoms with van der Waals surface area (Å²) in [4.78, 5) is 33.1. The lowest BCUT2D eigenvalue weighted by atomic mass is 10.3. The van der Waals surface area contributed by atoms with E-state index in [-0.39, 0.29) is 6.42 Å². The Kier molecular flexibility index (Phi) is 7.21. The van der Waals surface area contributed by atoms with Gasteiger partial charge in [-0.3, -0.25) is 14.4 Å². The van der Waals surface area contributed by atoms with Crippen LogP contribution < -0.4 is 0 Å². The maximum atomic E-state index is 11.0. The van der Waals surface area contributed by atoms with Crippen LogP contribution in [0.15, 0.2) is 0 Å². The highest BCUT2D eigenvalue weighted by molar-refractivity contribution is 5.97. The fraction of sp³-hybridized carbons (Fsp3) is 0.700. The third-order valence-corrected chi connectivity index (χ3v) is 2.14. The average molecular weight is 278 g/mol. The first-order valence-electron chi connectivity index (χ1n) is 5.39. The Morgan fingerprint density at radius 2 is 1.33 bits per heavy atom. The Bertz CT molecular complexity index is 275. The van der Waals surface area contributed by atoms with Crippen molar-refractivity contribution in [1.29, 1.82) is 0 Å². The lowest BCUT2D eigenvalue weighted by Crippen LogP contribution is -2.43. The van der Waals surface area contributed by atoms with Gasteiger partial charge in [0, 0.05) is 27.4 Å². The third-order valence-electron chi connectivity index (χ3n) is 1.73. The van der Waals surface area contributed by atoms with E-state index in [4.69, 9.17) is 18.6 Å². The van der Waals surface area contributed by atoms with Crippen LogP contribution in [0.25, 0.3) is 0 Å². The van der Waals surface area contributed by atoms with E-state index in [0.29, 0.717) is 23.5 Å². The summed E-state index contributed by atoms with van der Waals surface area (Å²) in [5.74, 6) is -4.15. The largest absolute Gasteiger partial charge is 0.428 e. The Morgan fingerprint density at radius 3 is 1.61 bits per heavy atom. The van der Waals surface area contributed by atoms with E-state index < -0.39 is 23.9 Å². The summed E-state index contributed by atoms with van der Waals surface area (Å²) in [6.45, 7) is 3.79. The maximum Gasteiger partial charge on any atom is 0.423 e. The standard InChI is InChI=1S/C10H18O7Si/c1-7(11)15-10(16-8(2)12,17-9(3)13)5-4-6-14-18/h4-6H2,1-3,18H3. The molecule has 104 valence electrons. The monoisotopic (exact) mass is 278 g/mol. The zero-order valence-corrected chi connectivity index (χ0v) is 13.0. The molecule has 8 heteroatoms. The molecular formula is C10H18O7Si. The second kappa shape index (κ2) is 7.83. The molecule has 0 N–H and O–H groups in total. The molecule has 18 heavy (non-hydrogen) atoms. The number of carbonyl (C=O) groups excluding carboxylic acids is 3. The van der Waals surface area contributed by atoms with Crippen LogP contribution in [0, 0.1) is 0 Å². The van der Waals surface area contributed by atoms with Crippen molar-refractivity contribution in [3.05, 3.63) is 0 Å². The van der Waals surface area contributed by atoms with Crippen LogP contribution in [0.3, 0.4) is 0 Å². The van der Waals surface area contributed by atoms with Gasteiger partial charge in [-0.15, -0.1) is 0 Å². The molecule has 0 aliphatic carbocycles. The lowest BCUT2D eigenvalue weighted by Gasteiger charge is -2.30. The molecule has 0 saturated carbocycles. The van der Waals surface area contributed by atoms with Gasteiger partial charge in [0.15, 0.2) is 0 Å². The molecule has 0 heterocycles. The van der Waals surface area contributed by atoms with Gasteiger partial charge in [-0.1, -0.05) is 0 Å². The van der Waals surface area contributed by atoms with Gasteiger partial charge in [-0.2, -0.15) is 0 Å². The van der Waals surface area contributed by atoms with Gasteiger partial charge < -0.3 is 18.6 Å². The zero-order chi connectivity index (χ0) is 14.2. The summed E-state index contributed by atoms with van der Waals surface area (Å²) in [5.41, 5.74) is 0. The molecule has 0 spiro atoms. The highest BCUT2D eigenvalue weighted by Gasteiger charge is 2.41. The van der Waals surface area contributed by atoms with Gasteiger partial charge in [-0.25, -0.2) is 0 Å². The van der Waals surface area contributed by atoms with Gasteiger partial charge in [-0.05, 0) is 6.42 Å². The SMILES string of the molecule is CC(=O)OC(CCCO[SiH3])(OC(C)=O)OC(C)=O. The van der Waals surface area contributed by atoms with Gasteiger partial charge in [0.25, 0.3) is 0 Å². The van der Waals surface area contributed by atoms with Crippen LogP contribution in [0.5, 0.6) is 0 Å². The normalized spacial score (nSPS) is 10.8. The molecule has 0 unspecified atom stereocenters. The number of rotatable bonds is 7. The third kappa shape index (κ3) is 7.02. The molecule has 0 fully saturated rings. The van der Waals surface area contributed by atoms with Crippen LogP contribution in [-0.4, -0.2) is 41.0 Å². The molecule has 0 aromatic carbocycles. The predicted molar refractivity (Wildman–Crippen MR) is 63.2 cm³/mol. The fourth-order valence-electron chi connectivity index (χ4n) is 1.31. The minimum atomic E-state index is -2.00. The predicted octanol–water partition coefficient (Wildman–Crippen LogP) is -0.593. The molecule has 0 aromatic rings. The van der Waals surface area contributed by atoms with Crippen molar-refractivity contribution in [2.45, 2.75) is 39.6 Å². The second-order valence-corrected chi connectivity index (χ2v) is 4.14. The molecule has 7 nitrogen and oxygen atoms in total. The molecule has 0 rings (SSSR count). The number of ether oxygens (including phenoxy) is 3. The van der Waals surface area contributed by atoms with Crippen LogP contribution in [0.4, 0.5) is 0 Å². The minimum absolute atomic E-state index is 0.0218. The quantitative estimate of drug-likeness (QED) is 0.266. The smallest absolute Gasteiger partial charge is 0.423 e. The Balaban J connectivity index is 4.90. The number of esters is 3. The van der Waals surface area contributed by atoms with E-state index in [1.807, 2.05) is 0 Å². The summed E-state index contributed by atoms with van der Waals surface area (Å²) in [6.07, 6.45) is 0.436. The van der Waals surface area contributed by atoms with Crippen LogP contribution in [0.1, 0.15) is 33.6 Å². The molecule has 0 atom stereocenters. The summed E-state index contributed by atoms with van der Waals surface area (Å²) >= 11 is 0. The highest BCUT2D eigenvalue weighted by Crippen LogP contribution is 2.23. The van der Waals surface area contributed by atoms with Crippen molar-refractivity contribution in [1.82, 2.24) is 0 Å². The van der Waals surface area contributed by atoms with Crippen LogP contribution >= 0.6 is 0 Å². The van der Waals surface area contributed by atoms with Crippen molar-refractivity contribution in [3.63, 3.8) is 0 Å². The van der Waals surface area contributed by atoms with Crippen LogP contribution in [0.2, 0.25) is 0 Å². The summed E-state index contributed by atoms with van der Waals surface area (Å²) in [5, 5.41) is 0. The van der Waals surface area contributed by atoms with E-state index in [9.17, 15) is 14.4 Å². The number of hydrogen-bond acceptors (Lipinski definition) is 7. The van der Waals surface area contributed by atoms with Crippen molar-refractivity contribution >= 4 is 28.4 Å². The van der Waals surface area contributed by atoms with E-state index in [2.05, 4.69) is 0 Å². The van der Waals surface area contributed by atoms with E-state index >= 15 is 0 Å². The highest BCUT2D eigenvalue weighted by atomic mass is 28.2. The lowest BCUT2D eigenvalue weighted by molar-refractivity contribution is -0.331. The molecule has 0 bridgehead atoms. The first-order valence-corrected chi connectivity index (χ1v) is 6.20. The number of carbonyl (C=O) groups is 3. The molecule has 0 amide bonds. The van der Waals surface area contributed by atoms with Gasteiger partial charge in [0.05, 0.1) is 6.42 Å². The summed E-state index contributed by atoms with van der Waals surface area (Å²) < 4.78 is 19.5. The van der Waals surface area contributed by atoms with Crippen LogP contribution in [-0.2, 0) is 33.0 Å². The molecule has 0 aromatic heterocycles. The fourth-order valence-corrected chi connectivity index (χ4v) is 1.59. The van der Waals surface area contributed by atoms with Crippen molar-refractivity contribution in [3.8, 4) is 0 Å². The van der Waals surface area contributed by atoms with Gasteiger partial charge in [0.2, 0.25) is 0 Å². The first-order chi connectivity index (χ1) is 8.31. The second-order valence-electron chi connectivity index (χ2n) is 3.56. The molecular weight excluding hydrogens is 260 g/mol. The molecule has 0 saturated heterocycles. The first kappa shape index (κ1) is 16.6. The number of hydrogen-bond donors (Lipinski definition) is 0. The van der Waals surface area contributed by atoms with Crippen molar-refractivity contribution in [2.75, 3.05) is 6.61 Å². The van der Waals surface area contributed by atoms with Crippen molar-refractivity contribution in [2.24, 2.45) is 0 Å². The summed E-state index contributed by atoms with van der Waals surface area (Å²) in [6, 6.07) is 0. The van der Waals surface area contributed by atoms with Gasteiger partial charge in [0.1, 0.15) is 10.5 Å². The Morgan fingerprint density at radius 1 is 0.944 bits per heavy atom. The van der Waals surface area contributed by atoms with Gasteiger partial charge >= 0.3 is 23.9 Å². The molecule has 0 aliphatic heterocycles. The Labute approximate surface area is 108 Å². The molecule has 0 radical (unpaired) electrons.